The van der Waals surface area contributed by atoms with E-state index in [0.717, 1.165) is 70.6 Å². The zero-order valence-corrected chi connectivity index (χ0v) is 44.4. The summed E-state index contributed by atoms with van der Waals surface area (Å²) in [6.45, 7) is 4.19. The van der Waals surface area contributed by atoms with Crippen LogP contribution in [0, 0.1) is 0 Å². The van der Waals surface area contributed by atoms with Crippen LogP contribution in [0.2, 0.25) is 0 Å². The molecule has 0 spiro atoms. The molecule has 386 valence electrons. The summed E-state index contributed by atoms with van der Waals surface area (Å²) in [7, 11) is 0. The van der Waals surface area contributed by atoms with Crippen molar-refractivity contribution in [2.75, 3.05) is 6.61 Å². The second-order valence-corrected chi connectivity index (χ2v) is 19.3. The van der Waals surface area contributed by atoms with E-state index < -0.39 is 12.1 Å². The first-order valence-electron chi connectivity index (χ1n) is 29.0. The highest BCUT2D eigenvalue weighted by Gasteiger charge is 2.18. The maximum absolute atomic E-state index is 12.5. The smallest absolute Gasteiger partial charge is 0.220 e. The first-order chi connectivity index (χ1) is 33.2. The van der Waals surface area contributed by atoms with Gasteiger partial charge in [0.05, 0.1) is 18.8 Å². The number of rotatable bonds is 52. The third-order valence-electron chi connectivity index (χ3n) is 12.8. The van der Waals surface area contributed by atoms with Crippen LogP contribution in [0.3, 0.4) is 0 Å². The fraction of sp³-hybridized carbons (Fsp3) is 0.730. The average Bonchev–Trinajstić information content (AvgIpc) is 3.33. The molecule has 0 aromatic carbocycles. The molecule has 67 heavy (non-hydrogen) atoms. The largest absolute Gasteiger partial charge is 0.394 e. The normalized spacial score (nSPS) is 13.6. The van der Waals surface area contributed by atoms with Crippen molar-refractivity contribution in [3.63, 3.8) is 0 Å². The van der Waals surface area contributed by atoms with Gasteiger partial charge in [-0.05, 0) is 89.9 Å². The fourth-order valence-electron chi connectivity index (χ4n) is 8.42. The van der Waals surface area contributed by atoms with Gasteiger partial charge in [-0.3, -0.25) is 4.79 Å². The molecule has 0 aromatic heterocycles. The van der Waals surface area contributed by atoms with Crippen molar-refractivity contribution in [2.45, 2.75) is 289 Å². The van der Waals surface area contributed by atoms with Gasteiger partial charge in [0.25, 0.3) is 0 Å². The van der Waals surface area contributed by atoms with Gasteiger partial charge in [-0.25, -0.2) is 0 Å². The maximum Gasteiger partial charge on any atom is 0.220 e. The number of nitrogens with one attached hydrogen (secondary N) is 1. The van der Waals surface area contributed by atoms with Crippen molar-refractivity contribution in [3.05, 3.63) is 97.2 Å². The lowest BCUT2D eigenvalue weighted by molar-refractivity contribution is -0.123. The number of carbonyl (C=O) groups excluding carboxylic acids is 1. The van der Waals surface area contributed by atoms with Gasteiger partial charge in [-0.2, -0.15) is 0 Å². The highest BCUT2D eigenvalue weighted by Crippen LogP contribution is 2.16. The lowest BCUT2D eigenvalue weighted by Crippen LogP contribution is -2.45. The molecule has 0 heterocycles. The molecule has 0 aliphatic rings. The van der Waals surface area contributed by atoms with E-state index in [9.17, 15) is 15.0 Å². The van der Waals surface area contributed by atoms with Crippen LogP contribution in [0.25, 0.3) is 0 Å². The minimum absolute atomic E-state index is 0.0831. The topological polar surface area (TPSA) is 69.6 Å². The second kappa shape index (κ2) is 57.6. The number of unbranched alkanes of at least 4 members (excludes halogenated alkanes) is 31. The zero-order valence-electron chi connectivity index (χ0n) is 44.4. The average molecular weight is 931 g/mol. The van der Waals surface area contributed by atoms with Gasteiger partial charge in [0.2, 0.25) is 5.91 Å². The van der Waals surface area contributed by atoms with Crippen LogP contribution in [0.15, 0.2) is 97.2 Å². The van der Waals surface area contributed by atoms with Crippen molar-refractivity contribution in [3.8, 4) is 0 Å². The summed E-state index contributed by atoms with van der Waals surface area (Å²) in [5.41, 5.74) is 0. The molecule has 0 fully saturated rings. The summed E-state index contributed by atoms with van der Waals surface area (Å²) in [4.78, 5) is 12.5. The Bertz CT molecular complexity index is 1240. The molecule has 0 saturated carbocycles. The van der Waals surface area contributed by atoms with E-state index in [0.29, 0.717) is 6.42 Å². The van der Waals surface area contributed by atoms with Crippen LogP contribution in [0.4, 0.5) is 0 Å². The summed E-state index contributed by atoms with van der Waals surface area (Å²) < 4.78 is 0. The van der Waals surface area contributed by atoms with Gasteiger partial charge in [-0.1, -0.05) is 278 Å². The molecule has 0 aromatic rings. The Balaban J connectivity index is 3.59. The van der Waals surface area contributed by atoms with E-state index in [1.165, 1.54) is 186 Å². The Labute approximate surface area is 417 Å². The van der Waals surface area contributed by atoms with Crippen LogP contribution in [-0.4, -0.2) is 34.9 Å². The van der Waals surface area contributed by atoms with E-state index in [1.54, 1.807) is 6.08 Å². The van der Waals surface area contributed by atoms with Crippen LogP contribution in [0.1, 0.15) is 277 Å². The minimum Gasteiger partial charge on any atom is -0.394 e. The second-order valence-electron chi connectivity index (χ2n) is 19.3. The molecule has 1 amide bonds. The molecule has 2 atom stereocenters. The molecule has 4 nitrogen and oxygen atoms in total. The number of allylic oxidation sites excluding steroid dienone is 15. The summed E-state index contributed by atoms with van der Waals surface area (Å²) in [5, 5.41) is 23.2. The third-order valence-corrected chi connectivity index (χ3v) is 12.8. The summed E-state index contributed by atoms with van der Waals surface area (Å²) in [5.74, 6) is -0.0831. The number of aliphatic hydroxyl groups is 2. The molecule has 0 aliphatic heterocycles. The highest BCUT2D eigenvalue weighted by atomic mass is 16.3. The molecule has 0 radical (unpaired) electrons. The SMILES string of the molecule is CC/C=C\C/C=C\C/C=C\C/C=C\C/C=C\CCCCCCCCCCCCCC(=O)NC(CO)C(O)/C=C/CC/C=C/CC/C=C/CCCCCCCCCCCCCCCCCCCC. The van der Waals surface area contributed by atoms with Gasteiger partial charge >= 0.3 is 0 Å². The predicted molar refractivity (Wildman–Crippen MR) is 299 cm³/mol. The molecular weight excluding hydrogens is 819 g/mol. The molecule has 0 bridgehead atoms. The molecule has 0 saturated heterocycles. The maximum atomic E-state index is 12.5. The van der Waals surface area contributed by atoms with Crippen molar-refractivity contribution >= 4 is 5.91 Å². The minimum atomic E-state index is -0.879. The van der Waals surface area contributed by atoms with Crippen molar-refractivity contribution in [1.82, 2.24) is 5.32 Å². The van der Waals surface area contributed by atoms with Gasteiger partial charge in [0.15, 0.2) is 0 Å². The number of amides is 1. The van der Waals surface area contributed by atoms with Crippen molar-refractivity contribution in [1.29, 1.82) is 0 Å². The highest BCUT2D eigenvalue weighted by molar-refractivity contribution is 5.76. The van der Waals surface area contributed by atoms with Crippen LogP contribution >= 0.6 is 0 Å². The molecule has 0 rings (SSSR count). The molecule has 4 heteroatoms. The van der Waals surface area contributed by atoms with Crippen LogP contribution in [0.5, 0.6) is 0 Å². The summed E-state index contributed by atoms with van der Waals surface area (Å²) >= 11 is 0. The fourth-order valence-corrected chi connectivity index (χ4v) is 8.42. The lowest BCUT2D eigenvalue weighted by Gasteiger charge is -2.19. The predicted octanol–water partition coefficient (Wildman–Crippen LogP) is 19.3. The third kappa shape index (κ3) is 54.1. The Morgan fingerprint density at radius 3 is 1.04 bits per heavy atom. The molecule has 2 unspecified atom stereocenters. The van der Waals surface area contributed by atoms with E-state index in [-0.39, 0.29) is 12.5 Å². The molecule has 0 aliphatic carbocycles. The standard InChI is InChI=1S/C63H111NO3/c1-3-5-7-9-11-13-15-17-19-21-23-25-27-29-31-33-34-36-38-40-42-44-46-48-50-52-54-56-58-62(66)61(60-65)64-63(67)59-57-55-53-51-49-47-45-43-41-39-37-35-32-30-28-26-24-22-20-18-16-14-12-10-8-6-4-2/h6,8,12,14,18,20,24,26,30,32,40,42,48,50,56,58,61-62,65-66H,3-5,7,9-11,13,15-17,19,21-23,25,27-29,31,33-39,41,43-47,49,51-55,57,59-60H2,1-2H3,(H,64,67)/b8-6-,14-12-,20-18-,26-24-,32-30-,42-40+,50-48+,58-56+. The van der Waals surface area contributed by atoms with E-state index in [4.69, 9.17) is 0 Å². The van der Waals surface area contributed by atoms with E-state index in [2.05, 4.69) is 104 Å². The Morgan fingerprint density at radius 1 is 0.373 bits per heavy atom. The van der Waals surface area contributed by atoms with Crippen LogP contribution < -0.4 is 5.32 Å². The Hall–Kier alpha value is -2.69. The van der Waals surface area contributed by atoms with E-state index >= 15 is 0 Å². The lowest BCUT2D eigenvalue weighted by atomic mass is 10.0. The van der Waals surface area contributed by atoms with Gasteiger partial charge in [0.1, 0.15) is 0 Å². The molecule has 3 N–H and O–H groups in total. The quantitative estimate of drug-likeness (QED) is 0.0420. The monoisotopic (exact) mass is 930 g/mol. The first kappa shape index (κ1) is 64.3. The van der Waals surface area contributed by atoms with Crippen LogP contribution in [-0.2, 0) is 4.79 Å². The van der Waals surface area contributed by atoms with Gasteiger partial charge in [0, 0.05) is 6.42 Å². The Morgan fingerprint density at radius 2 is 0.672 bits per heavy atom. The summed E-state index contributed by atoms with van der Waals surface area (Å²) in [6, 6.07) is -0.655. The number of hydrogen-bond acceptors (Lipinski definition) is 3. The molecular formula is C63H111NO3. The number of carbonyl (C=O) groups is 1. The Kier molecular flexibility index (Phi) is 55.3. The van der Waals surface area contributed by atoms with Crippen molar-refractivity contribution in [2.24, 2.45) is 0 Å². The van der Waals surface area contributed by atoms with E-state index in [1.807, 2.05) is 6.08 Å². The summed E-state index contributed by atoms with van der Waals surface area (Å²) in [6.07, 6.45) is 85.7. The number of aliphatic hydroxyl groups excluding tert-OH is 2. The zero-order chi connectivity index (χ0) is 48.5. The van der Waals surface area contributed by atoms with Gasteiger partial charge < -0.3 is 15.5 Å². The first-order valence-corrected chi connectivity index (χ1v) is 29.0. The number of hydrogen-bond donors (Lipinski definition) is 3. The van der Waals surface area contributed by atoms with Gasteiger partial charge in [-0.15, -0.1) is 0 Å². The van der Waals surface area contributed by atoms with Crippen molar-refractivity contribution < 1.29 is 15.0 Å².